The lowest BCUT2D eigenvalue weighted by atomic mass is 10.1. The molecule has 0 aliphatic heterocycles. The monoisotopic (exact) mass is 261 g/mol. The number of hydrogen-bond acceptors (Lipinski definition) is 7. The van der Waals surface area contributed by atoms with Crippen molar-refractivity contribution in [3.63, 3.8) is 0 Å². The van der Waals surface area contributed by atoms with E-state index in [-0.39, 0.29) is 11.8 Å². The van der Waals surface area contributed by atoms with Crippen molar-refractivity contribution in [1.29, 1.82) is 5.41 Å². The smallest absolute Gasteiger partial charge is 0.224 e. The fourth-order valence-corrected chi connectivity index (χ4v) is 1.57. The molecule has 6 N–H and O–H groups in total. The highest BCUT2D eigenvalue weighted by atomic mass is 16.3. The van der Waals surface area contributed by atoms with E-state index in [0.717, 1.165) is 6.21 Å². The minimum absolute atomic E-state index is 0.00147. The van der Waals surface area contributed by atoms with Gasteiger partial charge in [-0.25, -0.2) is 4.68 Å². The Bertz CT molecular complexity index is 626. The summed E-state index contributed by atoms with van der Waals surface area (Å²) < 4.78 is 1.40. The maximum Gasteiger partial charge on any atom is 0.224 e. The van der Waals surface area contributed by atoms with E-state index in [1.165, 1.54) is 4.68 Å². The lowest BCUT2D eigenvalue weighted by molar-refractivity contribution is 0.0734. The largest absolute Gasteiger partial charge is 0.384 e. The molecule has 2 heterocycles. The van der Waals surface area contributed by atoms with E-state index in [4.69, 9.17) is 16.9 Å². The number of anilines is 2. The van der Waals surface area contributed by atoms with Crippen molar-refractivity contribution in [2.75, 3.05) is 11.5 Å². The van der Waals surface area contributed by atoms with Crippen LogP contribution in [0.25, 0.3) is 5.82 Å². The van der Waals surface area contributed by atoms with Crippen LogP contribution in [0.2, 0.25) is 0 Å². The Labute approximate surface area is 109 Å². The molecule has 0 spiro atoms. The van der Waals surface area contributed by atoms with Crippen molar-refractivity contribution in [2.45, 2.75) is 19.4 Å². The molecule has 0 saturated heterocycles. The molecule has 0 aromatic carbocycles. The number of nitrogens with zero attached hydrogens (tertiary/aromatic N) is 4. The minimum Gasteiger partial charge on any atom is -0.384 e. The van der Waals surface area contributed by atoms with Crippen molar-refractivity contribution in [3.8, 4) is 5.82 Å². The van der Waals surface area contributed by atoms with Gasteiger partial charge in [-0.1, -0.05) is 0 Å². The number of aromatic nitrogens is 4. The van der Waals surface area contributed by atoms with E-state index < -0.39 is 5.60 Å². The average molecular weight is 261 g/mol. The van der Waals surface area contributed by atoms with Crippen LogP contribution in [0.5, 0.6) is 0 Å². The van der Waals surface area contributed by atoms with Gasteiger partial charge in [-0.15, -0.1) is 0 Å². The molecule has 8 nitrogen and oxygen atoms in total. The Morgan fingerprint density at radius 1 is 1.37 bits per heavy atom. The normalized spacial score (nSPS) is 11.5. The van der Waals surface area contributed by atoms with E-state index >= 15 is 0 Å². The Balaban J connectivity index is 2.59. The summed E-state index contributed by atoms with van der Waals surface area (Å²) in [5, 5.41) is 21.4. The summed E-state index contributed by atoms with van der Waals surface area (Å²) in [4.78, 5) is 7.81. The third-order valence-corrected chi connectivity index (χ3v) is 2.55. The van der Waals surface area contributed by atoms with Crippen LogP contribution < -0.4 is 11.5 Å². The van der Waals surface area contributed by atoms with Crippen LogP contribution in [0.4, 0.5) is 11.8 Å². The lowest BCUT2D eigenvalue weighted by Gasteiger charge is -2.13. The number of rotatable bonds is 3. The van der Waals surface area contributed by atoms with Crippen LogP contribution in [0.1, 0.15) is 25.1 Å². The average Bonchev–Trinajstić information content (AvgIpc) is 2.76. The van der Waals surface area contributed by atoms with Crippen molar-refractivity contribution in [1.82, 2.24) is 19.7 Å². The molecule has 2 rings (SSSR count). The predicted octanol–water partition coefficient (Wildman–Crippen LogP) is 0.0518. The van der Waals surface area contributed by atoms with Crippen LogP contribution >= 0.6 is 0 Å². The highest BCUT2D eigenvalue weighted by Crippen LogP contribution is 2.20. The maximum atomic E-state index is 9.88. The second-order valence-corrected chi connectivity index (χ2v) is 4.55. The molecule has 0 bridgehead atoms. The van der Waals surface area contributed by atoms with Crippen LogP contribution in [0.3, 0.4) is 0 Å². The molecule has 2 aromatic rings. The molecule has 2 aromatic heterocycles. The first-order valence-corrected chi connectivity index (χ1v) is 5.55. The fraction of sp³-hybridized carbons (Fsp3) is 0.273. The van der Waals surface area contributed by atoms with Gasteiger partial charge in [-0.3, -0.25) is 0 Å². The van der Waals surface area contributed by atoms with Gasteiger partial charge in [0.05, 0.1) is 11.3 Å². The third kappa shape index (κ3) is 2.38. The van der Waals surface area contributed by atoms with E-state index in [1.807, 2.05) is 0 Å². The van der Waals surface area contributed by atoms with E-state index in [1.54, 1.807) is 26.1 Å². The number of nitrogens with two attached hydrogens (primary N) is 2. The molecule has 0 atom stereocenters. The van der Waals surface area contributed by atoms with E-state index in [2.05, 4.69) is 15.1 Å². The van der Waals surface area contributed by atoms with E-state index in [9.17, 15) is 5.11 Å². The van der Waals surface area contributed by atoms with Gasteiger partial charge in [-0.05, 0) is 19.9 Å². The van der Waals surface area contributed by atoms with Gasteiger partial charge in [0.2, 0.25) is 5.95 Å². The molecule has 0 fully saturated rings. The second kappa shape index (κ2) is 4.32. The van der Waals surface area contributed by atoms with Gasteiger partial charge in [0.1, 0.15) is 11.4 Å². The van der Waals surface area contributed by atoms with Crippen molar-refractivity contribution in [3.05, 3.63) is 23.5 Å². The summed E-state index contributed by atoms with van der Waals surface area (Å²) in [7, 11) is 0. The zero-order chi connectivity index (χ0) is 14.2. The van der Waals surface area contributed by atoms with Crippen LogP contribution in [-0.2, 0) is 5.60 Å². The highest BCUT2D eigenvalue weighted by Gasteiger charge is 2.20. The SMILES string of the molecule is CC(C)(O)c1ccn(-c2nc(N)nc(N)c2C=N)n1. The number of aliphatic hydroxyl groups is 1. The summed E-state index contributed by atoms with van der Waals surface area (Å²) in [5.74, 6) is 0.409. The van der Waals surface area contributed by atoms with Gasteiger partial charge in [-0.2, -0.15) is 15.1 Å². The number of nitrogen functional groups attached to an aromatic ring is 2. The molecule has 100 valence electrons. The first-order valence-electron chi connectivity index (χ1n) is 5.55. The highest BCUT2D eigenvalue weighted by molar-refractivity contribution is 5.87. The van der Waals surface area contributed by atoms with Crippen molar-refractivity contribution >= 4 is 18.0 Å². The first-order chi connectivity index (χ1) is 8.82. The molecule has 0 saturated carbocycles. The van der Waals surface area contributed by atoms with Gasteiger partial charge < -0.3 is 22.0 Å². The lowest BCUT2D eigenvalue weighted by Crippen LogP contribution is -2.17. The van der Waals surface area contributed by atoms with Crippen LogP contribution in [-0.4, -0.2) is 31.1 Å². The Hall–Kier alpha value is -2.48. The fourth-order valence-electron chi connectivity index (χ4n) is 1.57. The Morgan fingerprint density at radius 2 is 2.05 bits per heavy atom. The third-order valence-electron chi connectivity index (χ3n) is 2.55. The second-order valence-electron chi connectivity index (χ2n) is 4.55. The summed E-state index contributed by atoms with van der Waals surface area (Å²) in [6.45, 7) is 3.25. The van der Waals surface area contributed by atoms with Crippen molar-refractivity contribution < 1.29 is 5.11 Å². The molecule has 0 radical (unpaired) electrons. The molecule has 0 aliphatic carbocycles. The number of hydrogen-bond donors (Lipinski definition) is 4. The van der Waals surface area contributed by atoms with Gasteiger partial charge in [0.15, 0.2) is 5.82 Å². The molecule has 0 unspecified atom stereocenters. The van der Waals surface area contributed by atoms with Gasteiger partial charge in [0, 0.05) is 12.4 Å². The molecular formula is C11H15N7O. The Kier molecular flexibility index (Phi) is 2.95. The molecule has 0 aliphatic rings. The maximum absolute atomic E-state index is 9.88. The Morgan fingerprint density at radius 3 is 2.58 bits per heavy atom. The van der Waals surface area contributed by atoms with Gasteiger partial charge in [0.25, 0.3) is 0 Å². The molecular weight excluding hydrogens is 246 g/mol. The molecule has 0 amide bonds. The molecule has 8 heteroatoms. The topological polar surface area (TPSA) is 140 Å². The summed E-state index contributed by atoms with van der Waals surface area (Å²) in [6, 6.07) is 1.65. The predicted molar refractivity (Wildman–Crippen MR) is 71.1 cm³/mol. The minimum atomic E-state index is -1.07. The summed E-state index contributed by atoms with van der Waals surface area (Å²) >= 11 is 0. The molecule has 19 heavy (non-hydrogen) atoms. The van der Waals surface area contributed by atoms with Crippen LogP contribution in [0, 0.1) is 5.41 Å². The zero-order valence-electron chi connectivity index (χ0n) is 10.6. The number of nitrogens with one attached hydrogen (secondary N) is 1. The zero-order valence-corrected chi connectivity index (χ0v) is 10.6. The quantitative estimate of drug-likeness (QED) is 0.575. The summed E-state index contributed by atoms with van der Waals surface area (Å²) in [6.07, 6.45) is 2.65. The van der Waals surface area contributed by atoms with Gasteiger partial charge >= 0.3 is 0 Å². The standard InChI is InChI=1S/C11H15N7O/c1-11(2,19)7-3-4-18(17-7)9-6(5-12)8(13)15-10(14)16-9/h3-5,12,19H,1-2H3,(H4,13,14,15,16). The van der Waals surface area contributed by atoms with Crippen molar-refractivity contribution in [2.24, 2.45) is 0 Å². The van der Waals surface area contributed by atoms with E-state index in [0.29, 0.717) is 17.1 Å². The van der Waals surface area contributed by atoms with Crippen LogP contribution in [0.15, 0.2) is 12.3 Å². The summed E-state index contributed by atoms with van der Waals surface area (Å²) in [5.41, 5.74) is 11.0. The first kappa shape index (κ1) is 13.0.